The van der Waals surface area contributed by atoms with Crippen molar-refractivity contribution in [3.05, 3.63) is 59.7 Å². The maximum Gasteiger partial charge on any atom is 0.349 e. The molecule has 0 radical (unpaired) electrons. The molecule has 0 N–H and O–H groups in total. The van der Waals surface area contributed by atoms with Crippen LogP contribution in [0.15, 0.2) is 53.4 Å². The molecule has 4 rings (SSSR count). The maximum absolute atomic E-state index is 13.6. The SMILES string of the molecule is COC(=O)C(C)(C)Oc1cccc(C2CCCN(S(=O)(=O)c3cccc(C4CCCCC4)c3)C2)c1. The molecule has 0 amide bonds. The Morgan fingerprint density at radius 1 is 0.914 bits per heavy atom. The average molecular weight is 500 g/mol. The number of esters is 1. The second kappa shape index (κ2) is 10.7. The Balaban J connectivity index is 1.51. The highest BCUT2D eigenvalue weighted by molar-refractivity contribution is 7.89. The van der Waals surface area contributed by atoms with Crippen molar-refractivity contribution in [2.45, 2.75) is 81.1 Å². The van der Waals surface area contributed by atoms with Crippen LogP contribution < -0.4 is 4.74 Å². The highest BCUT2D eigenvalue weighted by Gasteiger charge is 2.33. The lowest BCUT2D eigenvalue weighted by atomic mass is 9.84. The summed E-state index contributed by atoms with van der Waals surface area (Å²) in [5.41, 5.74) is 1.05. The summed E-state index contributed by atoms with van der Waals surface area (Å²) in [4.78, 5) is 12.4. The lowest BCUT2D eigenvalue weighted by Crippen LogP contribution is -2.39. The van der Waals surface area contributed by atoms with E-state index in [1.165, 1.54) is 26.4 Å². The molecule has 1 heterocycles. The zero-order valence-corrected chi connectivity index (χ0v) is 21.9. The molecular formula is C28H37NO5S. The summed E-state index contributed by atoms with van der Waals surface area (Å²) in [6.07, 6.45) is 7.68. The van der Waals surface area contributed by atoms with Gasteiger partial charge in [0.15, 0.2) is 5.60 Å². The fourth-order valence-electron chi connectivity index (χ4n) is 5.36. The number of rotatable bonds is 7. The van der Waals surface area contributed by atoms with Crippen LogP contribution in [-0.2, 0) is 19.6 Å². The number of sulfonamides is 1. The molecule has 2 aliphatic rings. The van der Waals surface area contributed by atoms with E-state index in [0.29, 0.717) is 29.7 Å². The monoisotopic (exact) mass is 499 g/mol. The molecule has 190 valence electrons. The average Bonchev–Trinajstić information content (AvgIpc) is 2.88. The minimum atomic E-state index is -3.58. The summed E-state index contributed by atoms with van der Waals surface area (Å²) >= 11 is 0. The number of methoxy groups -OCH3 is 1. The van der Waals surface area contributed by atoms with Gasteiger partial charge in [-0.05, 0) is 86.8 Å². The molecule has 1 saturated carbocycles. The first-order chi connectivity index (χ1) is 16.7. The fraction of sp³-hybridized carbons (Fsp3) is 0.536. The first-order valence-corrected chi connectivity index (χ1v) is 14.1. The van der Waals surface area contributed by atoms with Gasteiger partial charge in [-0.25, -0.2) is 13.2 Å². The molecule has 7 heteroatoms. The van der Waals surface area contributed by atoms with Crippen LogP contribution in [0, 0.1) is 0 Å². The predicted octanol–water partition coefficient (Wildman–Crippen LogP) is 5.63. The highest BCUT2D eigenvalue weighted by atomic mass is 32.2. The summed E-state index contributed by atoms with van der Waals surface area (Å²) in [7, 11) is -2.24. The van der Waals surface area contributed by atoms with Crippen LogP contribution in [-0.4, -0.2) is 44.5 Å². The van der Waals surface area contributed by atoms with Crippen molar-refractivity contribution in [3.8, 4) is 5.75 Å². The summed E-state index contributed by atoms with van der Waals surface area (Å²) in [5, 5.41) is 0. The number of carbonyl (C=O) groups is 1. The van der Waals surface area contributed by atoms with Gasteiger partial charge in [0.05, 0.1) is 12.0 Å². The molecule has 0 spiro atoms. The van der Waals surface area contributed by atoms with Gasteiger partial charge in [-0.3, -0.25) is 0 Å². The minimum absolute atomic E-state index is 0.0600. The van der Waals surface area contributed by atoms with Crippen molar-refractivity contribution in [2.75, 3.05) is 20.2 Å². The zero-order chi connectivity index (χ0) is 25.1. The maximum atomic E-state index is 13.6. The topological polar surface area (TPSA) is 72.9 Å². The smallest absolute Gasteiger partial charge is 0.349 e. The van der Waals surface area contributed by atoms with Crippen molar-refractivity contribution < 1.29 is 22.7 Å². The van der Waals surface area contributed by atoms with Gasteiger partial charge in [0, 0.05) is 13.1 Å². The van der Waals surface area contributed by atoms with Gasteiger partial charge in [0.2, 0.25) is 10.0 Å². The molecule has 0 aromatic heterocycles. The first-order valence-electron chi connectivity index (χ1n) is 12.7. The second-order valence-electron chi connectivity index (χ2n) is 10.3. The van der Waals surface area contributed by atoms with Crippen molar-refractivity contribution in [2.24, 2.45) is 0 Å². The highest BCUT2D eigenvalue weighted by Crippen LogP contribution is 2.36. The van der Waals surface area contributed by atoms with E-state index in [1.807, 2.05) is 36.4 Å². The minimum Gasteiger partial charge on any atom is -0.476 e. The van der Waals surface area contributed by atoms with Crippen molar-refractivity contribution in [1.82, 2.24) is 4.31 Å². The van der Waals surface area contributed by atoms with Crippen LogP contribution in [0.1, 0.15) is 81.8 Å². The Morgan fingerprint density at radius 3 is 2.29 bits per heavy atom. The normalized spacial score (nSPS) is 20.4. The molecule has 1 aliphatic carbocycles. The quantitative estimate of drug-likeness (QED) is 0.462. The number of benzene rings is 2. The van der Waals surface area contributed by atoms with E-state index < -0.39 is 21.6 Å². The van der Waals surface area contributed by atoms with Crippen LogP contribution in [0.2, 0.25) is 0 Å². The molecule has 35 heavy (non-hydrogen) atoms. The van der Waals surface area contributed by atoms with Gasteiger partial charge in [-0.1, -0.05) is 43.5 Å². The van der Waals surface area contributed by atoms with Crippen LogP contribution in [0.5, 0.6) is 5.75 Å². The van der Waals surface area contributed by atoms with E-state index in [-0.39, 0.29) is 5.92 Å². The number of piperidine rings is 1. The Bertz CT molecular complexity index is 1140. The molecule has 1 unspecified atom stereocenters. The predicted molar refractivity (Wildman–Crippen MR) is 136 cm³/mol. The van der Waals surface area contributed by atoms with Crippen LogP contribution >= 0.6 is 0 Å². The molecular weight excluding hydrogens is 462 g/mol. The van der Waals surface area contributed by atoms with Crippen molar-refractivity contribution in [1.29, 1.82) is 0 Å². The largest absolute Gasteiger partial charge is 0.476 e. The van der Waals surface area contributed by atoms with E-state index in [1.54, 1.807) is 24.2 Å². The third kappa shape index (κ3) is 5.89. The van der Waals surface area contributed by atoms with Crippen LogP contribution in [0.3, 0.4) is 0 Å². The first kappa shape index (κ1) is 25.7. The lowest BCUT2D eigenvalue weighted by Gasteiger charge is -2.33. The summed E-state index contributed by atoms with van der Waals surface area (Å²) in [5.74, 6) is 0.640. The van der Waals surface area contributed by atoms with Gasteiger partial charge >= 0.3 is 5.97 Å². The number of ether oxygens (including phenoxy) is 2. The van der Waals surface area contributed by atoms with Gasteiger partial charge in [-0.15, -0.1) is 0 Å². The van der Waals surface area contributed by atoms with Crippen molar-refractivity contribution in [3.63, 3.8) is 0 Å². The summed E-state index contributed by atoms with van der Waals surface area (Å²) in [6, 6.07) is 15.2. The Kier molecular flexibility index (Phi) is 7.86. The second-order valence-corrected chi connectivity index (χ2v) is 12.2. The Hall–Kier alpha value is -2.38. The molecule has 1 aliphatic heterocycles. The molecule has 6 nitrogen and oxygen atoms in total. The molecule has 2 fully saturated rings. The van der Waals surface area contributed by atoms with Crippen molar-refractivity contribution >= 4 is 16.0 Å². The molecule has 2 aromatic carbocycles. The number of hydrogen-bond donors (Lipinski definition) is 0. The van der Waals surface area contributed by atoms with E-state index in [4.69, 9.17) is 9.47 Å². The van der Waals surface area contributed by atoms with Gasteiger partial charge in [0.1, 0.15) is 5.75 Å². The van der Waals surface area contributed by atoms with Crippen LogP contribution in [0.4, 0.5) is 0 Å². The Morgan fingerprint density at radius 2 is 1.57 bits per heavy atom. The molecule has 2 aromatic rings. The standard InChI is InChI=1S/C28H37NO5S/c1-28(2,27(30)33-3)34-25-15-7-12-22(18-25)24-14-9-17-29(20-24)35(31,32)26-16-8-13-23(19-26)21-10-5-4-6-11-21/h7-8,12-13,15-16,18-19,21,24H,4-6,9-11,14,17,20H2,1-3H3. The van der Waals surface area contributed by atoms with E-state index >= 15 is 0 Å². The van der Waals surface area contributed by atoms with E-state index in [0.717, 1.165) is 36.8 Å². The third-order valence-electron chi connectivity index (χ3n) is 7.34. The third-order valence-corrected chi connectivity index (χ3v) is 9.20. The molecule has 1 saturated heterocycles. The van der Waals surface area contributed by atoms with Crippen LogP contribution in [0.25, 0.3) is 0 Å². The van der Waals surface area contributed by atoms with Gasteiger partial charge < -0.3 is 9.47 Å². The zero-order valence-electron chi connectivity index (χ0n) is 21.0. The molecule has 1 atom stereocenters. The van der Waals surface area contributed by atoms with Gasteiger partial charge in [0.25, 0.3) is 0 Å². The summed E-state index contributed by atoms with van der Waals surface area (Å²) in [6.45, 7) is 4.29. The summed E-state index contributed by atoms with van der Waals surface area (Å²) < 4.78 is 39.6. The van der Waals surface area contributed by atoms with E-state index in [2.05, 4.69) is 6.07 Å². The Labute approximate surface area is 209 Å². The number of nitrogens with zero attached hydrogens (tertiary/aromatic N) is 1. The fourth-order valence-corrected chi connectivity index (χ4v) is 6.94. The lowest BCUT2D eigenvalue weighted by molar-refractivity contribution is -0.156. The number of hydrogen-bond acceptors (Lipinski definition) is 5. The number of carbonyl (C=O) groups excluding carboxylic acids is 1. The van der Waals surface area contributed by atoms with E-state index in [9.17, 15) is 13.2 Å². The van der Waals surface area contributed by atoms with Gasteiger partial charge in [-0.2, -0.15) is 4.31 Å². The molecule has 0 bridgehead atoms.